The number of carbonyl (C=O) groups excluding carboxylic acids is 2. The predicted molar refractivity (Wildman–Crippen MR) is 112 cm³/mol. The second-order valence-corrected chi connectivity index (χ2v) is 8.25. The summed E-state index contributed by atoms with van der Waals surface area (Å²) in [4.78, 5) is 26.5. The van der Waals surface area contributed by atoms with Crippen molar-refractivity contribution in [2.24, 2.45) is 0 Å². The molecular weight excluding hydrogens is 409 g/mol. The van der Waals surface area contributed by atoms with Crippen LogP contribution in [0.5, 0.6) is 0 Å². The van der Waals surface area contributed by atoms with E-state index in [1.807, 2.05) is 0 Å². The van der Waals surface area contributed by atoms with Crippen molar-refractivity contribution < 1.29 is 18.7 Å². The fraction of sp³-hybridized carbons (Fsp3) is 0.500. The minimum absolute atomic E-state index is 0.0771. The number of anilines is 1. The van der Waals surface area contributed by atoms with Gasteiger partial charge in [-0.3, -0.25) is 14.5 Å². The molecule has 2 aromatic rings. The molecular formula is C20H26FN5O3S. The van der Waals surface area contributed by atoms with Crippen molar-refractivity contribution in [2.45, 2.75) is 38.8 Å². The number of hydrogen-bond acceptors (Lipinski definition) is 7. The molecule has 0 spiro atoms. The van der Waals surface area contributed by atoms with Crippen LogP contribution in [0.1, 0.15) is 41.0 Å². The Hall–Kier alpha value is -2.43. The number of nitrogens with zero attached hydrogens (tertiary/aromatic N) is 3. The maximum Gasteiger partial charge on any atom is 0.286 e. The third-order valence-corrected chi connectivity index (χ3v) is 5.78. The Morgan fingerprint density at radius 2 is 2.07 bits per heavy atom. The number of piperidine rings is 1. The molecule has 30 heavy (non-hydrogen) atoms. The van der Waals surface area contributed by atoms with Crippen LogP contribution in [0.15, 0.2) is 24.3 Å². The van der Waals surface area contributed by atoms with Gasteiger partial charge >= 0.3 is 0 Å². The van der Waals surface area contributed by atoms with Crippen molar-refractivity contribution >= 4 is 28.8 Å². The van der Waals surface area contributed by atoms with Crippen LogP contribution in [-0.2, 0) is 16.1 Å². The normalized spacial score (nSPS) is 16.9. The van der Waals surface area contributed by atoms with Gasteiger partial charge < -0.3 is 15.4 Å². The van der Waals surface area contributed by atoms with E-state index in [0.29, 0.717) is 23.3 Å². The molecule has 1 aromatic heterocycles. The summed E-state index contributed by atoms with van der Waals surface area (Å²) in [6.07, 6.45) is 3.70. The maximum atomic E-state index is 12.9. The van der Waals surface area contributed by atoms with Gasteiger partial charge in [-0.25, -0.2) is 4.39 Å². The first kappa shape index (κ1) is 22.3. The number of carbonyl (C=O) groups is 2. The van der Waals surface area contributed by atoms with Gasteiger partial charge in [0.1, 0.15) is 24.0 Å². The van der Waals surface area contributed by atoms with E-state index in [4.69, 9.17) is 4.74 Å². The summed E-state index contributed by atoms with van der Waals surface area (Å²) in [6.45, 7) is 4.77. The Morgan fingerprint density at radius 1 is 1.27 bits per heavy atom. The van der Waals surface area contributed by atoms with E-state index in [0.717, 1.165) is 24.4 Å². The second kappa shape index (κ2) is 11.1. The zero-order valence-corrected chi connectivity index (χ0v) is 17.7. The van der Waals surface area contributed by atoms with Crippen LogP contribution in [0.3, 0.4) is 0 Å². The average Bonchev–Trinajstić information content (AvgIpc) is 3.20. The summed E-state index contributed by atoms with van der Waals surface area (Å²) in [5.74, 6) is -0.998. The molecule has 3 rings (SSSR count). The summed E-state index contributed by atoms with van der Waals surface area (Å²) in [6, 6.07) is 6.00. The number of rotatable bonds is 9. The first-order chi connectivity index (χ1) is 14.5. The number of amides is 2. The molecule has 2 N–H and O–H groups in total. The largest absolute Gasteiger partial charge is 0.364 e. The van der Waals surface area contributed by atoms with Crippen LogP contribution in [0, 0.1) is 5.82 Å². The predicted octanol–water partition coefficient (Wildman–Crippen LogP) is 2.44. The van der Waals surface area contributed by atoms with Gasteiger partial charge in [0.25, 0.3) is 5.91 Å². The molecule has 10 heteroatoms. The van der Waals surface area contributed by atoms with Crippen molar-refractivity contribution in [1.82, 2.24) is 20.4 Å². The van der Waals surface area contributed by atoms with Crippen molar-refractivity contribution in [2.75, 3.05) is 31.6 Å². The zero-order valence-electron chi connectivity index (χ0n) is 16.9. The molecule has 0 bridgehead atoms. The quantitative estimate of drug-likeness (QED) is 0.628. The third-order valence-electron chi connectivity index (χ3n) is 4.88. The Labute approximate surface area is 178 Å². The third kappa shape index (κ3) is 6.82. The molecule has 1 aliphatic rings. The lowest BCUT2D eigenvalue weighted by Crippen LogP contribution is -2.43. The van der Waals surface area contributed by atoms with Crippen molar-refractivity contribution in [3.05, 3.63) is 40.1 Å². The van der Waals surface area contributed by atoms with E-state index in [9.17, 15) is 14.0 Å². The highest BCUT2D eigenvalue weighted by atomic mass is 32.1. The lowest BCUT2D eigenvalue weighted by atomic mass is 10.0. The minimum Gasteiger partial charge on any atom is -0.364 e. The van der Waals surface area contributed by atoms with E-state index in [1.54, 1.807) is 0 Å². The van der Waals surface area contributed by atoms with Gasteiger partial charge in [0.05, 0.1) is 0 Å². The van der Waals surface area contributed by atoms with Crippen LogP contribution in [0.25, 0.3) is 0 Å². The lowest BCUT2D eigenvalue weighted by molar-refractivity contribution is -0.126. The first-order valence-corrected chi connectivity index (χ1v) is 10.8. The number of benzene rings is 1. The first-order valence-electron chi connectivity index (χ1n) is 9.99. The summed E-state index contributed by atoms with van der Waals surface area (Å²) in [5.41, 5.74) is 0.463. The van der Waals surface area contributed by atoms with Gasteiger partial charge in [-0.05, 0) is 50.6 Å². The molecule has 0 radical (unpaired) electrons. The van der Waals surface area contributed by atoms with Gasteiger partial charge in [-0.2, -0.15) is 0 Å². The van der Waals surface area contributed by atoms with E-state index in [2.05, 4.69) is 32.7 Å². The Kier molecular flexibility index (Phi) is 8.23. The summed E-state index contributed by atoms with van der Waals surface area (Å²) in [7, 11) is 0. The number of halogens is 1. The zero-order chi connectivity index (χ0) is 21.3. The molecule has 8 nitrogen and oxygen atoms in total. The smallest absolute Gasteiger partial charge is 0.286 e. The second-order valence-electron chi connectivity index (χ2n) is 7.19. The van der Waals surface area contributed by atoms with Crippen molar-refractivity contribution in [3.8, 4) is 0 Å². The van der Waals surface area contributed by atoms with E-state index in [1.165, 1.54) is 43.5 Å². The molecule has 1 saturated heterocycles. The van der Waals surface area contributed by atoms with Gasteiger partial charge in [0.15, 0.2) is 0 Å². The van der Waals surface area contributed by atoms with Gasteiger partial charge in [-0.15, -0.1) is 10.2 Å². The van der Waals surface area contributed by atoms with Crippen LogP contribution in [0.2, 0.25) is 0 Å². The Bertz CT molecular complexity index is 845. The molecule has 2 amide bonds. The molecule has 1 aliphatic heterocycles. The monoisotopic (exact) mass is 435 g/mol. The Balaban J connectivity index is 1.34. The standard InChI is InChI=1S/C20H26FN5O3S/c1-14-4-2-3-10-26(14)11-9-22-17(27)12-29-13-18-24-25-20(30-18)19(28)23-16-7-5-15(21)6-8-16/h5-8,14H,2-4,9-13H2,1H3,(H,22,27)(H,23,28)/t14-/m1/s1. The molecule has 0 saturated carbocycles. The number of hydrogen-bond donors (Lipinski definition) is 2. The maximum absolute atomic E-state index is 12.9. The van der Waals surface area contributed by atoms with E-state index >= 15 is 0 Å². The number of aromatic nitrogens is 2. The molecule has 1 atom stereocenters. The molecule has 162 valence electrons. The van der Waals surface area contributed by atoms with Crippen LogP contribution < -0.4 is 10.6 Å². The van der Waals surface area contributed by atoms with Crippen molar-refractivity contribution in [3.63, 3.8) is 0 Å². The SMILES string of the molecule is C[C@@H]1CCCCN1CCNC(=O)COCc1nnc(C(=O)Nc2ccc(F)cc2)s1. The van der Waals surface area contributed by atoms with Gasteiger partial charge in [0, 0.05) is 24.8 Å². The highest BCUT2D eigenvalue weighted by molar-refractivity contribution is 7.13. The topological polar surface area (TPSA) is 96.5 Å². The fourth-order valence-corrected chi connectivity index (χ4v) is 3.90. The highest BCUT2D eigenvalue weighted by Gasteiger charge is 2.18. The fourth-order valence-electron chi connectivity index (χ4n) is 3.23. The van der Waals surface area contributed by atoms with Crippen LogP contribution >= 0.6 is 11.3 Å². The van der Waals surface area contributed by atoms with Crippen LogP contribution in [-0.4, -0.2) is 59.2 Å². The van der Waals surface area contributed by atoms with E-state index in [-0.39, 0.29) is 29.9 Å². The Morgan fingerprint density at radius 3 is 2.83 bits per heavy atom. The number of likely N-dealkylation sites (tertiary alicyclic amines) is 1. The average molecular weight is 436 g/mol. The van der Waals surface area contributed by atoms with Crippen molar-refractivity contribution in [1.29, 1.82) is 0 Å². The van der Waals surface area contributed by atoms with E-state index < -0.39 is 5.91 Å². The molecule has 2 heterocycles. The summed E-state index contributed by atoms with van der Waals surface area (Å²) in [5, 5.41) is 13.9. The van der Waals surface area contributed by atoms with Crippen LogP contribution in [0.4, 0.5) is 10.1 Å². The summed E-state index contributed by atoms with van der Waals surface area (Å²) < 4.78 is 18.3. The highest BCUT2D eigenvalue weighted by Crippen LogP contribution is 2.16. The molecule has 1 aromatic carbocycles. The molecule has 0 unspecified atom stereocenters. The minimum atomic E-state index is -0.435. The number of nitrogens with one attached hydrogen (secondary N) is 2. The van der Waals surface area contributed by atoms with Gasteiger partial charge in [0.2, 0.25) is 10.9 Å². The lowest BCUT2D eigenvalue weighted by Gasteiger charge is -2.33. The number of ether oxygens (including phenoxy) is 1. The molecule has 0 aliphatic carbocycles. The van der Waals surface area contributed by atoms with Gasteiger partial charge in [-0.1, -0.05) is 17.8 Å². The summed E-state index contributed by atoms with van der Waals surface area (Å²) >= 11 is 1.08. The molecule has 1 fully saturated rings.